The monoisotopic (exact) mass is 391 g/mol. The molecular weight excluding hydrogens is 358 g/mol. The van der Waals surface area contributed by atoms with Gasteiger partial charge < -0.3 is 19.1 Å². The van der Waals surface area contributed by atoms with E-state index in [2.05, 4.69) is 29.7 Å². The zero-order chi connectivity index (χ0) is 20.1. The van der Waals surface area contributed by atoms with Gasteiger partial charge in [-0.05, 0) is 37.1 Å². The highest BCUT2D eigenvalue weighted by Gasteiger charge is 2.25. The van der Waals surface area contributed by atoms with Crippen molar-refractivity contribution in [3.8, 4) is 11.5 Å². The SMILES string of the molecule is COc1cc(C)c(CN2CCN(C(=O)CN3CCOC(C)C3)CC2)cc1OC. The molecule has 2 heterocycles. The van der Waals surface area contributed by atoms with E-state index >= 15 is 0 Å². The maximum Gasteiger partial charge on any atom is 0.236 e. The predicted octanol–water partition coefficient (Wildman–Crippen LogP) is 1.38. The van der Waals surface area contributed by atoms with Gasteiger partial charge in [-0.2, -0.15) is 0 Å². The number of rotatable bonds is 6. The van der Waals surface area contributed by atoms with Crippen LogP contribution >= 0.6 is 0 Å². The summed E-state index contributed by atoms with van der Waals surface area (Å²) >= 11 is 0. The van der Waals surface area contributed by atoms with E-state index in [-0.39, 0.29) is 12.0 Å². The van der Waals surface area contributed by atoms with Crippen molar-refractivity contribution in [1.82, 2.24) is 14.7 Å². The molecule has 2 aliphatic heterocycles. The highest BCUT2D eigenvalue weighted by atomic mass is 16.5. The van der Waals surface area contributed by atoms with E-state index < -0.39 is 0 Å². The highest BCUT2D eigenvalue weighted by molar-refractivity contribution is 5.78. The molecule has 1 unspecified atom stereocenters. The van der Waals surface area contributed by atoms with Crippen molar-refractivity contribution in [2.24, 2.45) is 0 Å². The Balaban J connectivity index is 1.51. The second-order valence-corrected chi connectivity index (χ2v) is 7.71. The Kier molecular flexibility index (Phi) is 7.15. The first-order valence-corrected chi connectivity index (χ1v) is 10.1. The number of methoxy groups -OCH3 is 2. The fourth-order valence-corrected chi connectivity index (χ4v) is 3.91. The summed E-state index contributed by atoms with van der Waals surface area (Å²) in [5.74, 6) is 1.75. The molecule has 156 valence electrons. The summed E-state index contributed by atoms with van der Waals surface area (Å²) in [5, 5.41) is 0. The number of ether oxygens (including phenoxy) is 3. The number of nitrogens with zero attached hydrogens (tertiary/aromatic N) is 3. The summed E-state index contributed by atoms with van der Waals surface area (Å²) < 4.78 is 16.4. The summed E-state index contributed by atoms with van der Waals surface area (Å²) in [6.07, 6.45) is 0.211. The van der Waals surface area contributed by atoms with Gasteiger partial charge in [0.25, 0.3) is 0 Å². The minimum absolute atomic E-state index is 0.211. The van der Waals surface area contributed by atoms with Crippen LogP contribution in [0.3, 0.4) is 0 Å². The second-order valence-electron chi connectivity index (χ2n) is 7.71. The lowest BCUT2D eigenvalue weighted by Crippen LogP contribution is -2.52. The lowest BCUT2D eigenvalue weighted by Gasteiger charge is -2.37. The Bertz CT molecular complexity index is 674. The van der Waals surface area contributed by atoms with E-state index in [4.69, 9.17) is 14.2 Å². The molecule has 28 heavy (non-hydrogen) atoms. The largest absolute Gasteiger partial charge is 0.493 e. The molecular formula is C21H33N3O4. The summed E-state index contributed by atoms with van der Waals surface area (Å²) in [5.41, 5.74) is 2.43. The molecule has 1 aromatic rings. The van der Waals surface area contributed by atoms with Gasteiger partial charge in [0.1, 0.15) is 0 Å². The van der Waals surface area contributed by atoms with Crippen LogP contribution in [0.4, 0.5) is 0 Å². The quantitative estimate of drug-likeness (QED) is 0.730. The van der Waals surface area contributed by atoms with Crippen molar-refractivity contribution in [3.05, 3.63) is 23.3 Å². The fourth-order valence-electron chi connectivity index (χ4n) is 3.91. The van der Waals surface area contributed by atoms with Crippen molar-refractivity contribution < 1.29 is 19.0 Å². The van der Waals surface area contributed by atoms with Crippen LogP contribution in [0.15, 0.2) is 12.1 Å². The lowest BCUT2D eigenvalue weighted by molar-refractivity contribution is -0.136. The summed E-state index contributed by atoms with van der Waals surface area (Å²) in [6.45, 7) is 11.3. The Morgan fingerprint density at radius 3 is 2.39 bits per heavy atom. The van der Waals surface area contributed by atoms with Crippen LogP contribution in [0, 0.1) is 6.92 Å². The average Bonchev–Trinajstić information content (AvgIpc) is 2.69. The van der Waals surface area contributed by atoms with E-state index in [9.17, 15) is 4.79 Å². The molecule has 0 aromatic heterocycles. The van der Waals surface area contributed by atoms with Gasteiger partial charge in [0.15, 0.2) is 11.5 Å². The highest BCUT2D eigenvalue weighted by Crippen LogP contribution is 2.31. The number of morpholine rings is 1. The van der Waals surface area contributed by atoms with Crippen LogP contribution in [-0.2, 0) is 16.1 Å². The molecule has 0 aliphatic carbocycles. The Hall–Kier alpha value is -1.83. The van der Waals surface area contributed by atoms with Gasteiger partial charge >= 0.3 is 0 Å². The molecule has 2 aliphatic rings. The number of carbonyl (C=O) groups excluding carboxylic acids is 1. The minimum Gasteiger partial charge on any atom is -0.493 e. The Labute approximate surface area is 168 Å². The molecule has 0 bridgehead atoms. The van der Waals surface area contributed by atoms with Gasteiger partial charge in [-0.25, -0.2) is 0 Å². The molecule has 0 radical (unpaired) electrons. The summed E-state index contributed by atoms with van der Waals surface area (Å²) in [7, 11) is 3.32. The van der Waals surface area contributed by atoms with Crippen LogP contribution < -0.4 is 9.47 Å². The normalized spacial score (nSPS) is 21.6. The minimum atomic E-state index is 0.211. The van der Waals surface area contributed by atoms with E-state index in [0.29, 0.717) is 13.2 Å². The van der Waals surface area contributed by atoms with Crippen molar-refractivity contribution in [1.29, 1.82) is 0 Å². The molecule has 7 heteroatoms. The zero-order valence-corrected chi connectivity index (χ0v) is 17.6. The van der Waals surface area contributed by atoms with Gasteiger partial charge in [0.2, 0.25) is 5.91 Å². The molecule has 1 aromatic carbocycles. The van der Waals surface area contributed by atoms with E-state index in [1.807, 2.05) is 11.0 Å². The van der Waals surface area contributed by atoms with Gasteiger partial charge in [-0.1, -0.05) is 0 Å². The fraction of sp³-hybridized carbons (Fsp3) is 0.667. The van der Waals surface area contributed by atoms with Gasteiger partial charge in [-0.15, -0.1) is 0 Å². The summed E-state index contributed by atoms with van der Waals surface area (Å²) in [4.78, 5) is 19.2. The first-order chi connectivity index (χ1) is 13.5. The van der Waals surface area contributed by atoms with Crippen LogP contribution in [0.2, 0.25) is 0 Å². The molecule has 0 spiro atoms. The van der Waals surface area contributed by atoms with Gasteiger partial charge in [0.05, 0.1) is 33.5 Å². The van der Waals surface area contributed by atoms with Crippen molar-refractivity contribution in [3.63, 3.8) is 0 Å². The molecule has 7 nitrogen and oxygen atoms in total. The lowest BCUT2D eigenvalue weighted by atomic mass is 10.1. The number of aryl methyl sites for hydroxylation is 1. The van der Waals surface area contributed by atoms with Crippen LogP contribution in [0.5, 0.6) is 11.5 Å². The summed E-state index contributed by atoms with van der Waals surface area (Å²) in [6, 6.07) is 4.09. The van der Waals surface area contributed by atoms with E-state index in [1.165, 1.54) is 11.1 Å². The number of piperazine rings is 1. The molecule has 2 saturated heterocycles. The zero-order valence-electron chi connectivity index (χ0n) is 17.6. The second kappa shape index (κ2) is 9.58. The average molecular weight is 392 g/mol. The molecule has 3 rings (SSSR count). The Morgan fingerprint density at radius 2 is 1.75 bits per heavy atom. The Morgan fingerprint density at radius 1 is 1.07 bits per heavy atom. The number of hydrogen-bond donors (Lipinski definition) is 0. The third-order valence-electron chi connectivity index (χ3n) is 5.65. The number of hydrogen-bond acceptors (Lipinski definition) is 6. The molecule has 2 fully saturated rings. The van der Waals surface area contributed by atoms with Gasteiger partial charge in [0, 0.05) is 45.8 Å². The van der Waals surface area contributed by atoms with Crippen LogP contribution in [0.25, 0.3) is 0 Å². The predicted molar refractivity (Wildman–Crippen MR) is 108 cm³/mol. The molecule has 0 saturated carbocycles. The topological polar surface area (TPSA) is 54.5 Å². The number of carbonyl (C=O) groups is 1. The van der Waals surface area contributed by atoms with E-state index in [0.717, 1.165) is 57.3 Å². The van der Waals surface area contributed by atoms with Crippen molar-refractivity contribution in [2.75, 3.05) is 66.6 Å². The number of amides is 1. The third-order valence-corrected chi connectivity index (χ3v) is 5.65. The smallest absolute Gasteiger partial charge is 0.236 e. The third kappa shape index (κ3) is 5.16. The van der Waals surface area contributed by atoms with Crippen LogP contribution in [0.1, 0.15) is 18.1 Å². The van der Waals surface area contributed by atoms with Crippen molar-refractivity contribution in [2.45, 2.75) is 26.5 Å². The molecule has 0 N–H and O–H groups in total. The molecule has 1 amide bonds. The standard InChI is InChI=1S/C21H33N3O4/c1-16-11-19(26-3)20(27-4)12-18(16)14-22-5-7-24(8-6-22)21(25)15-23-9-10-28-17(2)13-23/h11-12,17H,5-10,13-15H2,1-4H3. The van der Waals surface area contributed by atoms with Crippen LogP contribution in [-0.4, -0.2) is 93.4 Å². The molecule has 1 atom stereocenters. The maximum absolute atomic E-state index is 12.6. The van der Waals surface area contributed by atoms with E-state index in [1.54, 1.807) is 14.2 Å². The first kappa shape index (κ1) is 20.9. The maximum atomic E-state index is 12.6. The number of benzene rings is 1. The van der Waals surface area contributed by atoms with Gasteiger partial charge in [-0.3, -0.25) is 14.6 Å². The van der Waals surface area contributed by atoms with Crippen molar-refractivity contribution >= 4 is 5.91 Å². The first-order valence-electron chi connectivity index (χ1n) is 10.1.